The van der Waals surface area contributed by atoms with Gasteiger partial charge in [-0.3, -0.25) is 0 Å². The first-order chi connectivity index (χ1) is 6.29. The van der Waals surface area contributed by atoms with Crippen LogP contribution in [0.2, 0.25) is 0 Å². The molecule has 1 aliphatic heterocycles. The van der Waals surface area contributed by atoms with Crippen molar-refractivity contribution in [3.05, 3.63) is 0 Å². The van der Waals surface area contributed by atoms with Crippen LogP contribution in [0.25, 0.3) is 0 Å². The second-order valence-electron chi connectivity index (χ2n) is 3.60. The van der Waals surface area contributed by atoms with Crippen molar-refractivity contribution in [2.75, 3.05) is 19.8 Å². The van der Waals surface area contributed by atoms with E-state index in [2.05, 4.69) is 6.92 Å². The molecule has 0 aromatic carbocycles. The van der Waals surface area contributed by atoms with E-state index in [9.17, 15) is 0 Å². The molecule has 0 bridgehead atoms. The molecule has 3 unspecified atom stereocenters. The van der Waals surface area contributed by atoms with Gasteiger partial charge < -0.3 is 15.2 Å². The zero-order valence-electron chi connectivity index (χ0n) is 8.66. The van der Waals surface area contributed by atoms with E-state index in [-0.39, 0.29) is 12.1 Å². The molecular weight excluding hydrogens is 166 g/mol. The minimum absolute atomic E-state index is 0.146. The average Bonchev–Trinajstić information content (AvgIpc) is 2.65. The predicted octanol–water partition coefficient (Wildman–Crippen LogP) is 1.17. The Morgan fingerprint density at radius 2 is 2.31 bits per heavy atom. The topological polar surface area (TPSA) is 44.5 Å². The average molecular weight is 187 g/mol. The van der Waals surface area contributed by atoms with Crippen LogP contribution in [0.4, 0.5) is 0 Å². The van der Waals surface area contributed by atoms with E-state index in [1.807, 2.05) is 6.92 Å². The SMILES string of the molecule is CCOC(CC)C(N)C1CCOC1. The lowest BCUT2D eigenvalue weighted by molar-refractivity contribution is 0.0248. The first-order valence-electron chi connectivity index (χ1n) is 5.24. The number of nitrogens with two attached hydrogens (primary N) is 1. The molecule has 0 aromatic heterocycles. The minimum atomic E-state index is 0.146. The summed E-state index contributed by atoms with van der Waals surface area (Å²) in [6.45, 7) is 6.56. The fourth-order valence-corrected chi connectivity index (χ4v) is 1.88. The van der Waals surface area contributed by atoms with E-state index < -0.39 is 0 Å². The summed E-state index contributed by atoms with van der Waals surface area (Å²) in [5.74, 6) is 0.497. The van der Waals surface area contributed by atoms with Gasteiger partial charge in [0.05, 0.1) is 12.7 Å². The van der Waals surface area contributed by atoms with E-state index in [0.717, 1.165) is 32.7 Å². The summed E-state index contributed by atoms with van der Waals surface area (Å²) in [6, 6.07) is 0.146. The summed E-state index contributed by atoms with van der Waals surface area (Å²) in [5.41, 5.74) is 6.11. The van der Waals surface area contributed by atoms with Crippen molar-refractivity contribution in [2.24, 2.45) is 11.7 Å². The Balaban J connectivity index is 2.37. The maximum absolute atomic E-state index is 6.11. The molecule has 0 amide bonds. The van der Waals surface area contributed by atoms with Crippen molar-refractivity contribution < 1.29 is 9.47 Å². The van der Waals surface area contributed by atoms with Crippen molar-refractivity contribution in [1.82, 2.24) is 0 Å². The van der Waals surface area contributed by atoms with Gasteiger partial charge in [-0.2, -0.15) is 0 Å². The Morgan fingerprint density at radius 1 is 1.54 bits per heavy atom. The van der Waals surface area contributed by atoms with Gasteiger partial charge >= 0.3 is 0 Å². The van der Waals surface area contributed by atoms with Crippen molar-refractivity contribution >= 4 is 0 Å². The normalized spacial score (nSPS) is 27.5. The molecule has 1 heterocycles. The standard InChI is InChI=1S/C10H21NO2/c1-3-9(13-4-2)10(11)8-5-6-12-7-8/h8-10H,3-7,11H2,1-2H3. The maximum Gasteiger partial charge on any atom is 0.0726 e. The monoisotopic (exact) mass is 187 g/mol. The van der Waals surface area contributed by atoms with E-state index in [1.165, 1.54) is 0 Å². The summed E-state index contributed by atoms with van der Waals surface area (Å²) < 4.78 is 10.9. The van der Waals surface area contributed by atoms with Crippen LogP contribution >= 0.6 is 0 Å². The second kappa shape index (κ2) is 5.58. The van der Waals surface area contributed by atoms with Gasteiger partial charge in [0.1, 0.15) is 0 Å². The van der Waals surface area contributed by atoms with Gasteiger partial charge in [0.25, 0.3) is 0 Å². The molecule has 3 atom stereocenters. The summed E-state index contributed by atoms with van der Waals surface area (Å²) in [7, 11) is 0. The van der Waals surface area contributed by atoms with Gasteiger partial charge in [-0.05, 0) is 19.8 Å². The van der Waals surface area contributed by atoms with Crippen LogP contribution in [-0.4, -0.2) is 32.0 Å². The van der Waals surface area contributed by atoms with Gasteiger partial charge in [-0.25, -0.2) is 0 Å². The molecule has 2 N–H and O–H groups in total. The van der Waals surface area contributed by atoms with Gasteiger partial charge in [-0.15, -0.1) is 0 Å². The maximum atomic E-state index is 6.11. The van der Waals surface area contributed by atoms with Gasteiger partial charge in [-0.1, -0.05) is 6.92 Å². The van der Waals surface area contributed by atoms with Crippen molar-refractivity contribution in [3.63, 3.8) is 0 Å². The van der Waals surface area contributed by atoms with E-state index >= 15 is 0 Å². The number of hydrogen-bond donors (Lipinski definition) is 1. The summed E-state index contributed by atoms with van der Waals surface area (Å²) in [4.78, 5) is 0. The predicted molar refractivity (Wildman–Crippen MR) is 52.6 cm³/mol. The highest BCUT2D eigenvalue weighted by atomic mass is 16.5. The van der Waals surface area contributed by atoms with Gasteiger partial charge in [0.15, 0.2) is 0 Å². The molecule has 1 fully saturated rings. The molecule has 1 aliphatic rings. The summed E-state index contributed by atoms with van der Waals surface area (Å²) in [6.07, 6.45) is 2.28. The van der Waals surface area contributed by atoms with E-state index in [0.29, 0.717) is 5.92 Å². The fourth-order valence-electron chi connectivity index (χ4n) is 1.88. The Bertz CT molecular complexity index is 135. The summed E-state index contributed by atoms with van der Waals surface area (Å²) >= 11 is 0. The van der Waals surface area contributed by atoms with Crippen LogP contribution in [-0.2, 0) is 9.47 Å². The smallest absolute Gasteiger partial charge is 0.0726 e. The fraction of sp³-hybridized carbons (Fsp3) is 1.00. The highest BCUT2D eigenvalue weighted by Gasteiger charge is 2.28. The third-order valence-electron chi connectivity index (χ3n) is 2.72. The number of hydrogen-bond acceptors (Lipinski definition) is 3. The number of rotatable bonds is 5. The molecule has 1 saturated heterocycles. The molecule has 0 aromatic rings. The molecule has 0 spiro atoms. The largest absolute Gasteiger partial charge is 0.381 e. The Labute approximate surface area is 80.6 Å². The Kier molecular flexibility index (Phi) is 4.70. The van der Waals surface area contributed by atoms with Crippen LogP contribution in [0.3, 0.4) is 0 Å². The van der Waals surface area contributed by atoms with Crippen LogP contribution in [0.15, 0.2) is 0 Å². The zero-order chi connectivity index (χ0) is 9.68. The lowest BCUT2D eigenvalue weighted by atomic mass is 9.94. The quantitative estimate of drug-likeness (QED) is 0.702. The Hall–Kier alpha value is -0.120. The molecule has 0 saturated carbocycles. The van der Waals surface area contributed by atoms with E-state index in [4.69, 9.17) is 15.2 Å². The third-order valence-corrected chi connectivity index (χ3v) is 2.72. The Morgan fingerprint density at radius 3 is 2.77 bits per heavy atom. The number of ether oxygens (including phenoxy) is 2. The second-order valence-corrected chi connectivity index (χ2v) is 3.60. The first-order valence-corrected chi connectivity index (χ1v) is 5.24. The van der Waals surface area contributed by atoms with E-state index in [1.54, 1.807) is 0 Å². The highest BCUT2D eigenvalue weighted by molar-refractivity contribution is 4.82. The molecule has 0 radical (unpaired) electrons. The third kappa shape index (κ3) is 2.93. The lowest BCUT2D eigenvalue weighted by Gasteiger charge is -2.26. The van der Waals surface area contributed by atoms with Crippen molar-refractivity contribution in [1.29, 1.82) is 0 Å². The first kappa shape index (κ1) is 11.0. The molecule has 1 rings (SSSR count). The van der Waals surface area contributed by atoms with Crippen molar-refractivity contribution in [2.45, 2.75) is 38.8 Å². The minimum Gasteiger partial charge on any atom is -0.381 e. The van der Waals surface area contributed by atoms with Crippen LogP contribution in [0.1, 0.15) is 26.7 Å². The molecule has 3 nitrogen and oxygen atoms in total. The molecule has 3 heteroatoms. The summed E-state index contributed by atoms with van der Waals surface area (Å²) in [5, 5.41) is 0. The molecule has 0 aliphatic carbocycles. The highest BCUT2D eigenvalue weighted by Crippen LogP contribution is 2.20. The lowest BCUT2D eigenvalue weighted by Crippen LogP contribution is -2.42. The van der Waals surface area contributed by atoms with Crippen LogP contribution in [0.5, 0.6) is 0 Å². The molecular formula is C10H21NO2. The van der Waals surface area contributed by atoms with Crippen LogP contribution in [0, 0.1) is 5.92 Å². The molecule has 13 heavy (non-hydrogen) atoms. The molecule has 78 valence electrons. The zero-order valence-corrected chi connectivity index (χ0v) is 8.66. The van der Waals surface area contributed by atoms with Gasteiger partial charge in [0, 0.05) is 25.2 Å². The van der Waals surface area contributed by atoms with Crippen molar-refractivity contribution in [3.8, 4) is 0 Å². The van der Waals surface area contributed by atoms with Gasteiger partial charge in [0.2, 0.25) is 0 Å². The van der Waals surface area contributed by atoms with Crippen LogP contribution < -0.4 is 5.73 Å².